The molecule has 1 aromatic heterocycles. The first-order valence-corrected chi connectivity index (χ1v) is 9.46. The Kier molecular flexibility index (Phi) is 4.90. The third-order valence-electron chi connectivity index (χ3n) is 5.35. The zero-order chi connectivity index (χ0) is 21.4. The van der Waals surface area contributed by atoms with E-state index in [9.17, 15) is 24.5 Å². The van der Waals surface area contributed by atoms with Gasteiger partial charge in [-0.3, -0.25) is 29.4 Å². The number of carbonyl (C=O) groups excluding carboxylic acids is 3. The molecule has 1 aromatic carbocycles. The predicted octanol–water partition coefficient (Wildman–Crippen LogP) is 1.24. The van der Waals surface area contributed by atoms with Crippen LogP contribution in [0.15, 0.2) is 36.5 Å². The minimum atomic E-state index is -0.486. The summed E-state index contributed by atoms with van der Waals surface area (Å²) >= 11 is 0. The SMILES string of the molecule is Cc1cc([N+](=O)[O-])cnc1N1CCN(C(=O)CN2C(=O)c3ccccc3C2=O)CC1. The standard InChI is InChI=1S/C20H19N5O5/c1-13-10-14(25(29)30)11-21-18(13)23-8-6-22(7-9-23)17(26)12-24-19(27)15-4-2-3-5-16(15)20(24)28/h2-5,10-11H,6-9,12H2,1H3. The first-order valence-electron chi connectivity index (χ1n) is 9.46. The minimum absolute atomic E-state index is 0.0639. The summed E-state index contributed by atoms with van der Waals surface area (Å²) in [7, 11) is 0. The van der Waals surface area contributed by atoms with Crippen molar-refractivity contribution < 1.29 is 19.3 Å². The van der Waals surface area contributed by atoms with Gasteiger partial charge in [0, 0.05) is 32.2 Å². The van der Waals surface area contributed by atoms with Gasteiger partial charge in [0.1, 0.15) is 18.6 Å². The molecule has 2 aliphatic rings. The monoisotopic (exact) mass is 409 g/mol. The highest BCUT2D eigenvalue weighted by molar-refractivity contribution is 6.22. The molecule has 3 heterocycles. The highest BCUT2D eigenvalue weighted by Gasteiger charge is 2.37. The van der Waals surface area contributed by atoms with Crippen LogP contribution in [0.4, 0.5) is 11.5 Å². The number of nitrogens with zero attached hydrogens (tertiary/aromatic N) is 5. The summed E-state index contributed by atoms with van der Waals surface area (Å²) in [6.07, 6.45) is 1.22. The summed E-state index contributed by atoms with van der Waals surface area (Å²) in [6, 6.07) is 8.00. The largest absolute Gasteiger partial charge is 0.353 e. The van der Waals surface area contributed by atoms with Gasteiger partial charge in [0.15, 0.2) is 0 Å². The van der Waals surface area contributed by atoms with Crippen LogP contribution in [0.5, 0.6) is 0 Å². The van der Waals surface area contributed by atoms with Crippen molar-refractivity contribution in [2.75, 3.05) is 37.6 Å². The van der Waals surface area contributed by atoms with Gasteiger partial charge in [0.2, 0.25) is 5.91 Å². The number of carbonyl (C=O) groups is 3. The molecule has 2 aliphatic heterocycles. The van der Waals surface area contributed by atoms with Gasteiger partial charge < -0.3 is 9.80 Å². The molecule has 0 aliphatic carbocycles. The second-order valence-electron chi connectivity index (χ2n) is 7.20. The number of amides is 3. The topological polar surface area (TPSA) is 117 Å². The van der Waals surface area contributed by atoms with Crippen LogP contribution < -0.4 is 4.90 Å². The van der Waals surface area contributed by atoms with Crippen LogP contribution in [0.1, 0.15) is 26.3 Å². The number of piperazine rings is 1. The normalized spacial score (nSPS) is 16.1. The Bertz CT molecular complexity index is 1030. The average molecular weight is 409 g/mol. The van der Waals surface area contributed by atoms with Crippen LogP contribution in [0.2, 0.25) is 0 Å². The molecular weight excluding hydrogens is 390 g/mol. The number of fused-ring (bicyclic) bond motifs is 1. The Balaban J connectivity index is 1.38. The van der Waals surface area contributed by atoms with E-state index in [1.54, 1.807) is 36.1 Å². The van der Waals surface area contributed by atoms with Gasteiger partial charge in [0.25, 0.3) is 17.5 Å². The first-order chi connectivity index (χ1) is 14.4. The van der Waals surface area contributed by atoms with E-state index in [-0.39, 0.29) is 18.1 Å². The number of aromatic nitrogens is 1. The van der Waals surface area contributed by atoms with Gasteiger partial charge >= 0.3 is 0 Å². The molecule has 0 spiro atoms. The number of rotatable bonds is 4. The molecule has 4 rings (SSSR count). The van der Waals surface area contributed by atoms with Crippen LogP contribution in [-0.4, -0.2) is 70.2 Å². The molecule has 1 saturated heterocycles. The number of anilines is 1. The lowest BCUT2D eigenvalue weighted by Gasteiger charge is -2.36. The highest BCUT2D eigenvalue weighted by Crippen LogP contribution is 2.24. The molecule has 10 heteroatoms. The Hall–Kier alpha value is -3.82. The fraction of sp³-hybridized carbons (Fsp3) is 0.300. The molecule has 0 bridgehead atoms. The Morgan fingerprint density at radius 1 is 1.10 bits per heavy atom. The van der Waals surface area contributed by atoms with E-state index in [1.807, 2.05) is 4.90 Å². The van der Waals surface area contributed by atoms with Gasteiger partial charge in [-0.15, -0.1) is 0 Å². The molecule has 154 valence electrons. The molecule has 0 N–H and O–H groups in total. The van der Waals surface area contributed by atoms with Crippen molar-refractivity contribution in [3.63, 3.8) is 0 Å². The van der Waals surface area contributed by atoms with Crippen molar-refractivity contribution >= 4 is 29.2 Å². The van der Waals surface area contributed by atoms with Crippen molar-refractivity contribution in [2.24, 2.45) is 0 Å². The Morgan fingerprint density at radius 2 is 1.70 bits per heavy atom. The number of benzene rings is 1. The zero-order valence-corrected chi connectivity index (χ0v) is 16.3. The molecule has 10 nitrogen and oxygen atoms in total. The van der Waals surface area contributed by atoms with Gasteiger partial charge in [-0.25, -0.2) is 4.98 Å². The maximum absolute atomic E-state index is 12.7. The summed E-state index contributed by atoms with van der Waals surface area (Å²) in [6.45, 7) is 3.27. The lowest BCUT2D eigenvalue weighted by molar-refractivity contribution is -0.385. The number of imide groups is 1. The van der Waals surface area contributed by atoms with E-state index in [0.717, 1.165) is 4.90 Å². The van der Waals surface area contributed by atoms with Crippen molar-refractivity contribution in [3.8, 4) is 0 Å². The van der Waals surface area contributed by atoms with Crippen LogP contribution in [0.25, 0.3) is 0 Å². The molecule has 0 saturated carbocycles. The summed E-state index contributed by atoms with van der Waals surface area (Å²) in [4.78, 5) is 56.7. The quantitative estimate of drug-likeness (QED) is 0.424. The Morgan fingerprint density at radius 3 is 2.23 bits per heavy atom. The van der Waals surface area contributed by atoms with Crippen molar-refractivity contribution in [2.45, 2.75) is 6.92 Å². The smallest absolute Gasteiger partial charge is 0.287 e. The van der Waals surface area contributed by atoms with Gasteiger partial charge in [-0.05, 0) is 24.6 Å². The van der Waals surface area contributed by atoms with Crippen molar-refractivity contribution in [3.05, 3.63) is 63.3 Å². The fourth-order valence-corrected chi connectivity index (χ4v) is 3.77. The van der Waals surface area contributed by atoms with E-state index in [2.05, 4.69) is 4.98 Å². The van der Waals surface area contributed by atoms with Crippen LogP contribution in [0.3, 0.4) is 0 Å². The summed E-state index contributed by atoms with van der Waals surface area (Å²) in [5, 5.41) is 10.9. The van der Waals surface area contributed by atoms with E-state index in [4.69, 9.17) is 0 Å². The molecule has 30 heavy (non-hydrogen) atoms. The number of pyridine rings is 1. The highest BCUT2D eigenvalue weighted by atomic mass is 16.6. The number of hydrogen-bond acceptors (Lipinski definition) is 7. The van der Waals surface area contributed by atoms with E-state index in [0.29, 0.717) is 48.7 Å². The number of aryl methyl sites for hydroxylation is 1. The molecule has 0 radical (unpaired) electrons. The fourth-order valence-electron chi connectivity index (χ4n) is 3.77. The third kappa shape index (κ3) is 3.36. The second-order valence-corrected chi connectivity index (χ2v) is 7.20. The summed E-state index contributed by atoms with van der Waals surface area (Å²) < 4.78 is 0. The van der Waals surface area contributed by atoms with Crippen LogP contribution in [0, 0.1) is 17.0 Å². The third-order valence-corrected chi connectivity index (χ3v) is 5.35. The first kappa shape index (κ1) is 19.5. The van der Waals surface area contributed by atoms with E-state index < -0.39 is 16.7 Å². The lowest BCUT2D eigenvalue weighted by atomic mass is 10.1. The average Bonchev–Trinajstić information content (AvgIpc) is 2.99. The van der Waals surface area contributed by atoms with Crippen LogP contribution >= 0.6 is 0 Å². The lowest BCUT2D eigenvalue weighted by Crippen LogP contribution is -2.52. The number of nitro groups is 1. The van der Waals surface area contributed by atoms with Gasteiger partial charge in [0.05, 0.1) is 16.1 Å². The maximum atomic E-state index is 12.7. The second kappa shape index (κ2) is 7.54. The molecule has 1 fully saturated rings. The maximum Gasteiger partial charge on any atom is 0.287 e. The van der Waals surface area contributed by atoms with Gasteiger partial charge in [-0.2, -0.15) is 0 Å². The van der Waals surface area contributed by atoms with E-state index >= 15 is 0 Å². The molecule has 0 atom stereocenters. The predicted molar refractivity (Wildman–Crippen MR) is 106 cm³/mol. The van der Waals surface area contributed by atoms with Crippen LogP contribution in [-0.2, 0) is 4.79 Å². The molecule has 3 amide bonds. The number of hydrogen-bond donors (Lipinski definition) is 0. The summed E-state index contributed by atoms with van der Waals surface area (Å²) in [5.74, 6) is -0.549. The molecule has 0 unspecified atom stereocenters. The van der Waals surface area contributed by atoms with E-state index in [1.165, 1.54) is 12.3 Å². The molecule has 2 aromatic rings. The Labute approximate surface area is 171 Å². The summed E-state index contributed by atoms with van der Waals surface area (Å²) in [5.41, 5.74) is 1.26. The molecular formula is C20H19N5O5. The van der Waals surface area contributed by atoms with Crippen molar-refractivity contribution in [1.29, 1.82) is 0 Å². The van der Waals surface area contributed by atoms with Gasteiger partial charge in [-0.1, -0.05) is 12.1 Å². The minimum Gasteiger partial charge on any atom is -0.353 e. The zero-order valence-electron chi connectivity index (χ0n) is 16.3. The van der Waals surface area contributed by atoms with Crippen molar-refractivity contribution in [1.82, 2.24) is 14.8 Å².